The number of nitrogens with zero attached hydrogens (tertiary/aromatic N) is 7. The van der Waals surface area contributed by atoms with Crippen LogP contribution in [0, 0.1) is 11.8 Å². The van der Waals surface area contributed by atoms with Gasteiger partial charge in [0.15, 0.2) is 11.5 Å². The van der Waals surface area contributed by atoms with Crippen molar-refractivity contribution in [1.82, 2.24) is 39.2 Å². The predicted octanol–water partition coefficient (Wildman–Crippen LogP) is 3.04. The van der Waals surface area contributed by atoms with Crippen molar-refractivity contribution in [3.63, 3.8) is 0 Å². The van der Waals surface area contributed by atoms with E-state index in [1.807, 2.05) is 72.4 Å². The zero-order valence-corrected chi connectivity index (χ0v) is 25.8. The second-order valence-corrected chi connectivity index (χ2v) is 11.4. The van der Waals surface area contributed by atoms with Crippen LogP contribution in [0.2, 0.25) is 0 Å². The number of hydrogen-bond acceptors (Lipinski definition) is 8. The van der Waals surface area contributed by atoms with E-state index in [9.17, 15) is 9.59 Å². The molecular formula is C35H33N9O3. The molecule has 12 heteroatoms. The molecule has 0 radical (unpaired) electrons. The van der Waals surface area contributed by atoms with Crippen LogP contribution in [-0.2, 0) is 11.3 Å². The number of para-hydroxylation sites is 1. The molecule has 0 aliphatic carbocycles. The number of nitrogens with two attached hydrogens (primary N) is 1. The topological polar surface area (TPSA) is 138 Å². The molecule has 7 rings (SSSR count). The first-order chi connectivity index (χ1) is 23.0. The summed E-state index contributed by atoms with van der Waals surface area (Å²) in [4.78, 5) is 34.5. The Morgan fingerprint density at radius 1 is 1.06 bits per heavy atom. The monoisotopic (exact) mass is 627 g/mol. The van der Waals surface area contributed by atoms with Gasteiger partial charge < -0.3 is 15.8 Å². The minimum atomic E-state index is -0.587. The largest absolute Gasteiger partial charge is 0.381 e. The number of rotatable bonds is 7. The van der Waals surface area contributed by atoms with E-state index < -0.39 is 11.9 Å². The number of carbonyl (C=O) groups excluding carboxylic acids is 1. The average molecular weight is 628 g/mol. The molecule has 0 spiro atoms. The Balaban J connectivity index is 1.22. The molecule has 1 amide bonds. The Hall–Kier alpha value is -5.77. The third-order valence-electron chi connectivity index (χ3n) is 8.25. The molecule has 3 N–H and O–H groups in total. The number of carbonyl (C=O) groups is 1. The van der Waals surface area contributed by atoms with Gasteiger partial charge in [-0.2, -0.15) is 5.10 Å². The van der Waals surface area contributed by atoms with Gasteiger partial charge in [-0.05, 0) is 42.6 Å². The SMILES string of the molecule is C[C@@H](NC(=O)c1c(N)nn2cccnc12)c1cc2cccc(C#Cc3cnn(CCN4CCOCC4)c3)c2c(=O)n1-c1ccccc1. The molecule has 4 aromatic heterocycles. The summed E-state index contributed by atoms with van der Waals surface area (Å²) in [7, 11) is 0. The van der Waals surface area contributed by atoms with Crippen LogP contribution in [0.4, 0.5) is 5.82 Å². The van der Waals surface area contributed by atoms with E-state index in [-0.39, 0.29) is 16.9 Å². The molecule has 1 aliphatic heterocycles. The van der Waals surface area contributed by atoms with E-state index in [0.717, 1.165) is 45.0 Å². The van der Waals surface area contributed by atoms with Crippen molar-refractivity contribution in [2.24, 2.45) is 0 Å². The highest BCUT2D eigenvalue weighted by molar-refractivity contribution is 6.04. The van der Waals surface area contributed by atoms with Crippen LogP contribution in [0.1, 0.15) is 40.1 Å². The fraction of sp³-hybridized carbons (Fsp3) is 0.229. The van der Waals surface area contributed by atoms with Crippen molar-refractivity contribution in [1.29, 1.82) is 0 Å². The van der Waals surface area contributed by atoms with Gasteiger partial charge in [-0.3, -0.25) is 23.7 Å². The van der Waals surface area contributed by atoms with Gasteiger partial charge >= 0.3 is 0 Å². The molecule has 12 nitrogen and oxygen atoms in total. The van der Waals surface area contributed by atoms with Crippen LogP contribution in [0.3, 0.4) is 0 Å². The number of nitrogens with one attached hydrogen (secondary N) is 1. The summed E-state index contributed by atoms with van der Waals surface area (Å²) in [5.74, 6) is 6.04. The Morgan fingerprint density at radius 3 is 2.72 bits per heavy atom. The second kappa shape index (κ2) is 12.9. The van der Waals surface area contributed by atoms with E-state index in [0.29, 0.717) is 33.4 Å². The predicted molar refractivity (Wildman–Crippen MR) is 178 cm³/mol. The first-order valence-corrected chi connectivity index (χ1v) is 15.4. The lowest BCUT2D eigenvalue weighted by atomic mass is 10.0. The van der Waals surface area contributed by atoms with Crippen molar-refractivity contribution in [2.45, 2.75) is 19.5 Å². The van der Waals surface area contributed by atoms with Gasteiger partial charge in [0.25, 0.3) is 11.5 Å². The van der Waals surface area contributed by atoms with Crippen molar-refractivity contribution < 1.29 is 9.53 Å². The average Bonchev–Trinajstić information content (AvgIpc) is 3.70. The summed E-state index contributed by atoms with van der Waals surface area (Å²) in [6, 6.07) is 18.0. The number of pyridine rings is 1. The molecule has 1 atom stereocenters. The lowest BCUT2D eigenvalue weighted by Gasteiger charge is -2.26. The minimum Gasteiger partial charge on any atom is -0.381 e. The lowest BCUT2D eigenvalue weighted by Crippen LogP contribution is -2.38. The Bertz CT molecular complexity index is 2200. The van der Waals surface area contributed by atoms with Crippen LogP contribution in [0.15, 0.2) is 90.2 Å². The molecule has 1 fully saturated rings. The molecule has 5 heterocycles. The van der Waals surface area contributed by atoms with Gasteiger partial charge in [-0.1, -0.05) is 42.2 Å². The van der Waals surface area contributed by atoms with Gasteiger partial charge in [0.2, 0.25) is 0 Å². The van der Waals surface area contributed by atoms with E-state index in [1.54, 1.807) is 29.2 Å². The summed E-state index contributed by atoms with van der Waals surface area (Å²) in [6.45, 7) is 6.86. The third kappa shape index (κ3) is 6.09. The van der Waals surface area contributed by atoms with E-state index in [1.165, 1.54) is 4.52 Å². The van der Waals surface area contributed by atoms with Crippen molar-refractivity contribution in [3.05, 3.63) is 118 Å². The van der Waals surface area contributed by atoms with E-state index >= 15 is 0 Å². The molecular weight excluding hydrogens is 594 g/mol. The van der Waals surface area contributed by atoms with Gasteiger partial charge in [0, 0.05) is 55.2 Å². The fourth-order valence-corrected chi connectivity index (χ4v) is 5.87. The Morgan fingerprint density at radius 2 is 1.89 bits per heavy atom. The standard InChI is InChI=1S/C35H33N9O3/c1-24(39-34(45)31-32(36)40-43-14-6-13-37-33(31)43)29-21-27-8-5-7-26(30(27)35(46)44(29)28-9-3-2-4-10-28)12-11-25-22-38-42(23-25)16-15-41-17-19-47-20-18-41/h2-10,13-14,21-24H,15-20H2,1H3,(H2,36,40)(H,39,45)/t24-/m1/s1. The van der Waals surface area contributed by atoms with E-state index in [4.69, 9.17) is 10.5 Å². The molecule has 2 aromatic carbocycles. The van der Waals surface area contributed by atoms with Gasteiger partial charge in [0.05, 0.1) is 42.9 Å². The molecule has 0 saturated carbocycles. The smallest absolute Gasteiger partial charge is 0.264 e. The molecule has 1 aliphatic rings. The highest BCUT2D eigenvalue weighted by Gasteiger charge is 2.24. The highest BCUT2D eigenvalue weighted by Crippen LogP contribution is 2.24. The summed E-state index contributed by atoms with van der Waals surface area (Å²) in [5, 5.41) is 12.9. The number of ether oxygens (including phenoxy) is 1. The van der Waals surface area contributed by atoms with Gasteiger partial charge in [0.1, 0.15) is 5.56 Å². The summed E-state index contributed by atoms with van der Waals surface area (Å²) in [6.07, 6.45) is 6.92. The van der Waals surface area contributed by atoms with Crippen LogP contribution < -0.4 is 16.6 Å². The normalized spacial score (nSPS) is 14.1. The number of aromatic nitrogens is 6. The van der Waals surface area contributed by atoms with Crippen molar-refractivity contribution >= 4 is 28.1 Å². The van der Waals surface area contributed by atoms with Crippen LogP contribution in [-0.4, -0.2) is 72.6 Å². The maximum Gasteiger partial charge on any atom is 0.264 e. The summed E-state index contributed by atoms with van der Waals surface area (Å²) >= 11 is 0. The molecule has 0 unspecified atom stereocenters. The first kappa shape index (κ1) is 29.9. The summed E-state index contributed by atoms with van der Waals surface area (Å²) < 4.78 is 10.4. The lowest BCUT2D eigenvalue weighted by molar-refractivity contribution is 0.0359. The fourth-order valence-electron chi connectivity index (χ4n) is 5.87. The van der Waals surface area contributed by atoms with Crippen LogP contribution in [0.25, 0.3) is 22.1 Å². The maximum absolute atomic E-state index is 14.4. The first-order valence-electron chi connectivity index (χ1n) is 15.4. The van der Waals surface area contributed by atoms with E-state index in [2.05, 4.69) is 37.2 Å². The number of anilines is 1. The number of hydrogen-bond donors (Lipinski definition) is 2. The molecule has 236 valence electrons. The maximum atomic E-state index is 14.4. The quantitative estimate of drug-likeness (QED) is 0.258. The zero-order chi connectivity index (χ0) is 32.3. The van der Waals surface area contributed by atoms with Crippen LogP contribution >= 0.6 is 0 Å². The number of morpholine rings is 1. The Labute approximate surface area is 270 Å². The minimum absolute atomic E-state index is 0.0678. The zero-order valence-electron chi connectivity index (χ0n) is 25.8. The number of amides is 1. The van der Waals surface area contributed by atoms with Crippen molar-refractivity contribution in [2.75, 3.05) is 38.6 Å². The van der Waals surface area contributed by atoms with Gasteiger partial charge in [-0.25, -0.2) is 9.50 Å². The molecule has 6 aromatic rings. The second-order valence-electron chi connectivity index (χ2n) is 11.4. The number of benzene rings is 2. The molecule has 1 saturated heterocycles. The third-order valence-corrected chi connectivity index (χ3v) is 8.25. The number of fused-ring (bicyclic) bond motifs is 2. The highest BCUT2D eigenvalue weighted by atomic mass is 16.5. The number of nitrogen functional groups attached to an aromatic ring is 1. The Kier molecular flexibility index (Phi) is 8.22. The molecule has 47 heavy (non-hydrogen) atoms. The van der Waals surface area contributed by atoms with Crippen molar-refractivity contribution in [3.8, 4) is 17.5 Å². The van der Waals surface area contributed by atoms with Crippen LogP contribution in [0.5, 0.6) is 0 Å². The summed E-state index contributed by atoms with van der Waals surface area (Å²) in [5.41, 5.74) is 9.02. The van der Waals surface area contributed by atoms with Gasteiger partial charge in [-0.15, -0.1) is 5.10 Å². The molecule has 0 bridgehead atoms.